The highest BCUT2D eigenvalue weighted by Crippen LogP contribution is 2.11. The fourth-order valence-corrected chi connectivity index (χ4v) is 1.72. The van der Waals surface area contributed by atoms with Gasteiger partial charge >= 0.3 is 0 Å². The van der Waals surface area contributed by atoms with Gasteiger partial charge in [0, 0.05) is 38.2 Å². The number of nitrogens with one attached hydrogen (secondary N) is 1. The molecule has 0 radical (unpaired) electrons. The number of amides is 1. The maximum Gasteiger partial charge on any atom is 0.221 e. The third kappa shape index (κ3) is 4.95. The molecule has 1 atom stereocenters. The minimum Gasteiger partial charge on any atom is -0.359 e. The van der Waals surface area contributed by atoms with Crippen LogP contribution in [0.5, 0.6) is 0 Å². The molecular weight excluding hydrogens is 240 g/mol. The second-order valence-electron chi connectivity index (χ2n) is 5.20. The predicted octanol–water partition coefficient (Wildman–Crippen LogP) is 1.56. The largest absolute Gasteiger partial charge is 0.359 e. The molecule has 1 amide bonds. The Hall–Kier alpha value is -1.49. The molecule has 1 unspecified atom stereocenters. The van der Waals surface area contributed by atoms with Crippen LogP contribution in [-0.4, -0.2) is 40.9 Å². The predicted molar refractivity (Wildman–Crippen MR) is 75.7 cm³/mol. The Morgan fingerprint density at radius 2 is 2.11 bits per heavy atom. The van der Waals surface area contributed by atoms with Gasteiger partial charge in [0.25, 0.3) is 0 Å². The number of hydrogen-bond donors (Lipinski definition) is 1. The van der Waals surface area contributed by atoms with Gasteiger partial charge in [0.05, 0.1) is 5.69 Å². The minimum absolute atomic E-state index is 0.0601. The van der Waals surface area contributed by atoms with Crippen LogP contribution in [0.4, 0.5) is 0 Å². The third-order valence-corrected chi connectivity index (χ3v) is 3.17. The van der Waals surface area contributed by atoms with E-state index in [0.29, 0.717) is 12.3 Å². The van der Waals surface area contributed by atoms with Gasteiger partial charge in [0.15, 0.2) is 0 Å². The van der Waals surface area contributed by atoms with Crippen molar-refractivity contribution in [2.75, 3.05) is 14.1 Å². The van der Waals surface area contributed by atoms with E-state index in [2.05, 4.69) is 34.0 Å². The van der Waals surface area contributed by atoms with Crippen LogP contribution in [-0.2, 0) is 11.3 Å². The zero-order chi connectivity index (χ0) is 14.4. The molecule has 1 aromatic rings. The average molecular weight is 264 g/mol. The monoisotopic (exact) mass is 264 g/mol. The molecule has 1 aromatic heterocycles. The third-order valence-electron chi connectivity index (χ3n) is 3.17. The summed E-state index contributed by atoms with van der Waals surface area (Å²) in [7, 11) is 3.67. The molecule has 5 heteroatoms. The Bertz CT molecular complexity index is 420. The van der Waals surface area contributed by atoms with Gasteiger partial charge in [-0.1, -0.05) is 13.8 Å². The molecular formula is C14H24N4O. The molecule has 1 rings (SSSR count). The normalized spacial score (nSPS) is 12.8. The van der Waals surface area contributed by atoms with E-state index in [1.807, 2.05) is 20.0 Å². The molecule has 0 spiro atoms. The first kappa shape index (κ1) is 15.6. The highest BCUT2D eigenvalue weighted by molar-refractivity contribution is 5.76. The maximum atomic E-state index is 11.4. The molecule has 1 heterocycles. The number of carbonyl (C=O) groups excluding carboxylic acids is 1. The Labute approximate surface area is 115 Å². The van der Waals surface area contributed by atoms with Crippen LogP contribution in [0.2, 0.25) is 0 Å². The molecule has 106 valence electrons. The second-order valence-corrected chi connectivity index (χ2v) is 5.20. The summed E-state index contributed by atoms with van der Waals surface area (Å²) in [5.74, 6) is 1.25. The van der Waals surface area contributed by atoms with Crippen molar-refractivity contribution in [3.05, 3.63) is 23.8 Å². The van der Waals surface area contributed by atoms with Crippen molar-refractivity contribution in [3.63, 3.8) is 0 Å². The van der Waals surface area contributed by atoms with Gasteiger partial charge in [-0.2, -0.15) is 0 Å². The molecule has 0 aliphatic heterocycles. The molecule has 19 heavy (non-hydrogen) atoms. The van der Waals surface area contributed by atoms with Crippen molar-refractivity contribution in [2.45, 2.75) is 45.7 Å². The van der Waals surface area contributed by atoms with Crippen molar-refractivity contribution < 1.29 is 4.79 Å². The van der Waals surface area contributed by atoms with Gasteiger partial charge in [-0.3, -0.25) is 9.69 Å². The second kappa shape index (κ2) is 7.19. The van der Waals surface area contributed by atoms with Gasteiger partial charge in [0.1, 0.15) is 5.82 Å². The summed E-state index contributed by atoms with van der Waals surface area (Å²) in [5.41, 5.74) is 0.991. The minimum atomic E-state index is 0.0601. The van der Waals surface area contributed by atoms with Gasteiger partial charge < -0.3 is 5.32 Å². The maximum absolute atomic E-state index is 11.4. The molecule has 0 bridgehead atoms. The van der Waals surface area contributed by atoms with Crippen molar-refractivity contribution >= 4 is 5.91 Å². The number of nitrogens with zero attached hydrogens (tertiary/aromatic N) is 3. The summed E-state index contributed by atoms with van der Waals surface area (Å²) in [6, 6.07) is 2.10. The summed E-state index contributed by atoms with van der Waals surface area (Å²) >= 11 is 0. The Kier molecular flexibility index (Phi) is 5.89. The van der Waals surface area contributed by atoms with Crippen molar-refractivity contribution in [3.8, 4) is 0 Å². The van der Waals surface area contributed by atoms with E-state index in [1.165, 1.54) is 0 Å². The number of aromatic nitrogens is 2. The van der Waals surface area contributed by atoms with E-state index >= 15 is 0 Å². The molecule has 5 nitrogen and oxygen atoms in total. The average Bonchev–Trinajstić information content (AvgIpc) is 2.38. The van der Waals surface area contributed by atoms with Crippen molar-refractivity contribution in [1.82, 2.24) is 20.2 Å². The number of carbonyl (C=O) groups is 1. The fraction of sp³-hybridized carbons (Fsp3) is 0.643. The Morgan fingerprint density at radius 1 is 1.42 bits per heavy atom. The molecule has 0 aromatic carbocycles. The lowest BCUT2D eigenvalue weighted by molar-refractivity contribution is -0.121. The first-order chi connectivity index (χ1) is 8.93. The zero-order valence-electron chi connectivity index (χ0n) is 12.5. The first-order valence-corrected chi connectivity index (χ1v) is 6.66. The quantitative estimate of drug-likeness (QED) is 0.847. The topological polar surface area (TPSA) is 58.1 Å². The molecule has 0 fully saturated rings. The van der Waals surface area contributed by atoms with Crippen molar-refractivity contribution in [2.24, 2.45) is 0 Å². The van der Waals surface area contributed by atoms with Crippen LogP contribution < -0.4 is 5.32 Å². The number of hydrogen-bond acceptors (Lipinski definition) is 4. The highest BCUT2D eigenvalue weighted by atomic mass is 16.1. The van der Waals surface area contributed by atoms with Crippen molar-refractivity contribution in [1.29, 1.82) is 0 Å². The van der Waals surface area contributed by atoms with E-state index < -0.39 is 0 Å². The van der Waals surface area contributed by atoms with Gasteiger partial charge in [-0.25, -0.2) is 9.97 Å². The molecule has 0 saturated carbocycles. The van der Waals surface area contributed by atoms with E-state index in [4.69, 9.17) is 0 Å². The lowest BCUT2D eigenvalue weighted by Gasteiger charge is -2.23. The SMILES string of the molecule is CNC(=O)CC(C)N(C)Cc1ccnc(C(C)C)n1. The molecule has 1 N–H and O–H groups in total. The van der Waals surface area contributed by atoms with Crippen LogP contribution in [0.25, 0.3) is 0 Å². The van der Waals surface area contributed by atoms with E-state index in [1.54, 1.807) is 13.2 Å². The fourth-order valence-electron chi connectivity index (χ4n) is 1.72. The van der Waals surface area contributed by atoms with Crippen LogP contribution in [0.15, 0.2) is 12.3 Å². The van der Waals surface area contributed by atoms with Gasteiger partial charge in [-0.15, -0.1) is 0 Å². The highest BCUT2D eigenvalue weighted by Gasteiger charge is 2.14. The number of rotatable bonds is 6. The van der Waals surface area contributed by atoms with E-state index in [0.717, 1.165) is 18.1 Å². The van der Waals surface area contributed by atoms with Crippen LogP contribution >= 0.6 is 0 Å². The molecule has 0 aliphatic rings. The summed E-state index contributed by atoms with van der Waals surface area (Å²) in [6.07, 6.45) is 2.30. The standard InChI is InChI=1S/C14H24N4O/c1-10(2)14-16-7-6-12(17-14)9-18(5)11(3)8-13(19)15-4/h6-7,10-11H,8-9H2,1-5H3,(H,15,19). The zero-order valence-corrected chi connectivity index (χ0v) is 12.5. The summed E-state index contributed by atoms with van der Waals surface area (Å²) < 4.78 is 0. The van der Waals surface area contributed by atoms with E-state index in [-0.39, 0.29) is 11.9 Å². The Morgan fingerprint density at radius 3 is 2.68 bits per heavy atom. The van der Waals surface area contributed by atoms with Crippen LogP contribution in [0, 0.1) is 0 Å². The molecule has 0 saturated heterocycles. The summed E-state index contributed by atoms with van der Waals surface area (Å²) in [5, 5.41) is 2.65. The van der Waals surface area contributed by atoms with Gasteiger partial charge in [-0.05, 0) is 20.0 Å². The summed E-state index contributed by atoms with van der Waals surface area (Å²) in [6.45, 7) is 6.92. The lowest BCUT2D eigenvalue weighted by Crippen LogP contribution is -2.34. The van der Waals surface area contributed by atoms with Crippen LogP contribution in [0.3, 0.4) is 0 Å². The van der Waals surface area contributed by atoms with E-state index in [9.17, 15) is 4.79 Å². The Balaban J connectivity index is 2.63. The lowest BCUT2D eigenvalue weighted by atomic mass is 10.2. The van der Waals surface area contributed by atoms with Crippen LogP contribution in [0.1, 0.15) is 44.6 Å². The van der Waals surface area contributed by atoms with Gasteiger partial charge in [0.2, 0.25) is 5.91 Å². The first-order valence-electron chi connectivity index (χ1n) is 6.66. The molecule has 0 aliphatic carbocycles. The summed E-state index contributed by atoms with van der Waals surface area (Å²) in [4.78, 5) is 22.3. The smallest absolute Gasteiger partial charge is 0.221 e.